The highest BCUT2D eigenvalue weighted by Crippen LogP contribution is 2.25. The zero-order valence-corrected chi connectivity index (χ0v) is 10.6. The number of H-pyrrole nitrogens is 1. The van der Waals surface area contributed by atoms with Crippen LogP contribution in [0.2, 0.25) is 0 Å². The van der Waals surface area contributed by atoms with Crippen molar-refractivity contribution in [3.63, 3.8) is 0 Å². The molecule has 4 heteroatoms. The maximum atomic E-state index is 13.2. The first-order valence-corrected chi connectivity index (χ1v) is 5.88. The fourth-order valence-electron chi connectivity index (χ4n) is 1.82. The van der Waals surface area contributed by atoms with Crippen LogP contribution in [0.4, 0.5) is 4.39 Å². The summed E-state index contributed by atoms with van der Waals surface area (Å²) < 4.78 is 13.2. The normalized spacial score (nSPS) is 13.0. The number of aromatic nitrogens is 1. The highest BCUT2D eigenvalue weighted by Gasteiger charge is 2.19. The van der Waals surface area contributed by atoms with E-state index in [9.17, 15) is 9.18 Å². The molecule has 2 nitrogen and oxygen atoms in total. The maximum Gasteiger partial charge on any atom is 0.178 e. The molecule has 16 heavy (non-hydrogen) atoms. The van der Waals surface area contributed by atoms with Gasteiger partial charge in [-0.15, -0.1) is 0 Å². The van der Waals surface area contributed by atoms with Crippen molar-refractivity contribution >= 4 is 32.6 Å². The van der Waals surface area contributed by atoms with Gasteiger partial charge in [0.05, 0.1) is 4.83 Å². The molecular weight excluding hydrogens is 273 g/mol. The third-order valence-electron chi connectivity index (χ3n) is 2.56. The molecule has 1 heterocycles. The van der Waals surface area contributed by atoms with Crippen molar-refractivity contribution in [2.24, 2.45) is 0 Å². The molecular formula is C12H11BrFNO. The van der Waals surface area contributed by atoms with E-state index >= 15 is 0 Å². The van der Waals surface area contributed by atoms with Gasteiger partial charge in [0.1, 0.15) is 5.82 Å². The molecule has 0 unspecified atom stereocenters. The van der Waals surface area contributed by atoms with Gasteiger partial charge in [0.2, 0.25) is 0 Å². The Morgan fingerprint density at radius 3 is 2.81 bits per heavy atom. The van der Waals surface area contributed by atoms with Crippen molar-refractivity contribution in [1.82, 2.24) is 4.98 Å². The molecule has 0 fully saturated rings. The van der Waals surface area contributed by atoms with Crippen LogP contribution < -0.4 is 0 Å². The fraction of sp³-hybridized carbons (Fsp3) is 0.250. The molecule has 2 rings (SSSR count). The van der Waals surface area contributed by atoms with Crippen LogP contribution >= 0.6 is 15.9 Å². The molecule has 2 aromatic rings. The summed E-state index contributed by atoms with van der Waals surface area (Å²) in [5, 5.41) is 0.647. The van der Waals surface area contributed by atoms with Crippen molar-refractivity contribution < 1.29 is 9.18 Å². The van der Waals surface area contributed by atoms with Crippen LogP contribution in [0.5, 0.6) is 0 Å². The Kier molecular flexibility index (Phi) is 2.84. The van der Waals surface area contributed by atoms with E-state index in [-0.39, 0.29) is 16.4 Å². The molecule has 1 atom stereocenters. The third kappa shape index (κ3) is 1.78. The molecule has 0 amide bonds. The second-order valence-electron chi connectivity index (χ2n) is 3.80. The van der Waals surface area contributed by atoms with Crippen LogP contribution in [0, 0.1) is 12.7 Å². The summed E-state index contributed by atoms with van der Waals surface area (Å²) in [6, 6.07) is 4.42. The smallest absolute Gasteiger partial charge is 0.178 e. The Balaban J connectivity index is 2.72. The molecule has 1 aromatic heterocycles. The van der Waals surface area contributed by atoms with Gasteiger partial charge in [0, 0.05) is 22.2 Å². The van der Waals surface area contributed by atoms with Crippen LogP contribution in [-0.2, 0) is 0 Å². The third-order valence-corrected chi connectivity index (χ3v) is 2.97. The molecule has 0 aliphatic carbocycles. The lowest BCUT2D eigenvalue weighted by Crippen LogP contribution is -2.10. The molecule has 1 N–H and O–H groups in total. The molecule has 1 aromatic carbocycles. The number of halogens is 2. The van der Waals surface area contributed by atoms with Crippen LogP contribution in [0.25, 0.3) is 10.9 Å². The zero-order chi connectivity index (χ0) is 11.9. The molecule has 0 aliphatic heterocycles. The van der Waals surface area contributed by atoms with Gasteiger partial charge < -0.3 is 4.98 Å². The van der Waals surface area contributed by atoms with Crippen LogP contribution in [0.15, 0.2) is 18.2 Å². The lowest BCUT2D eigenvalue weighted by Gasteiger charge is -2.02. The van der Waals surface area contributed by atoms with E-state index < -0.39 is 0 Å². The van der Waals surface area contributed by atoms with Gasteiger partial charge >= 0.3 is 0 Å². The second-order valence-corrected chi connectivity index (χ2v) is 5.17. The predicted octanol–water partition coefficient (Wildman–Crippen LogP) is 3.58. The Labute approximate surface area is 101 Å². The number of ketones is 1. The Morgan fingerprint density at radius 1 is 1.50 bits per heavy atom. The van der Waals surface area contributed by atoms with E-state index in [1.54, 1.807) is 13.0 Å². The number of rotatable bonds is 2. The minimum Gasteiger partial charge on any atom is -0.358 e. The van der Waals surface area contributed by atoms with Crippen LogP contribution in [0.1, 0.15) is 23.0 Å². The van der Waals surface area contributed by atoms with Gasteiger partial charge in [-0.25, -0.2) is 4.39 Å². The van der Waals surface area contributed by atoms with Gasteiger partial charge in [0.15, 0.2) is 5.78 Å². The zero-order valence-electron chi connectivity index (χ0n) is 8.97. The number of carbonyl (C=O) groups excluding carboxylic acids is 1. The summed E-state index contributed by atoms with van der Waals surface area (Å²) in [7, 11) is 0. The highest BCUT2D eigenvalue weighted by atomic mass is 79.9. The van der Waals surface area contributed by atoms with E-state index in [1.807, 2.05) is 6.92 Å². The molecule has 84 valence electrons. The molecule has 0 bridgehead atoms. The lowest BCUT2D eigenvalue weighted by atomic mass is 10.1. The minimum atomic E-state index is -0.331. The topological polar surface area (TPSA) is 32.9 Å². The number of carbonyl (C=O) groups is 1. The number of aromatic amines is 1. The Hall–Kier alpha value is -1.16. The summed E-state index contributed by atoms with van der Waals surface area (Å²) in [6.07, 6.45) is 0. The molecule has 0 saturated carbocycles. The molecule has 0 spiro atoms. The largest absolute Gasteiger partial charge is 0.358 e. The number of Topliss-reactive ketones (excluding diaryl/α,β-unsaturated/α-hetero) is 1. The quantitative estimate of drug-likeness (QED) is 0.663. The van der Waals surface area contributed by atoms with E-state index in [4.69, 9.17) is 0 Å². The summed E-state index contributed by atoms with van der Waals surface area (Å²) in [5.41, 5.74) is 2.13. The second kappa shape index (κ2) is 4.01. The van der Waals surface area contributed by atoms with Gasteiger partial charge in [0.25, 0.3) is 0 Å². The Morgan fingerprint density at radius 2 is 2.19 bits per heavy atom. The summed E-state index contributed by atoms with van der Waals surface area (Å²) in [5.74, 6) is -0.364. The van der Waals surface area contributed by atoms with Crippen LogP contribution in [0.3, 0.4) is 0 Å². The molecule has 0 radical (unpaired) electrons. The maximum absolute atomic E-state index is 13.2. The van der Waals surface area contributed by atoms with E-state index in [1.165, 1.54) is 12.1 Å². The van der Waals surface area contributed by atoms with Gasteiger partial charge in [-0.2, -0.15) is 0 Å². The highest BCUT2D eigenvalue weighted by molar-refractivity contribution is 9.10. The summed E-state index contributed by atoms with van der Waals surface area (Å²) in [4.78, 5) is 14.8. The lowest BCUT2D eigenvalue weighted by molar-refractivity contribution is 0.0997. The predicted molar refractivity (Wildman–Crippen MR) is 65.7 cm³/mol. The first-order chi connectivity index (χ1) is 7.50. The average Bonchev–Trinajstić information content (AvgIpc) is 2.52. The number of alkyl halides is 1. The fourth-order valence-corrected chi connectivity index (χ4v) is 2.04. The number of benzene rings is 1. The van der Waals surface area contributed by atoms with Crippen LogP contribution in [-0.4, -0.2) is 15.6 Å². The standard InChI is InChI=1S/C12H11BrFNO/c1-6(13)12(16)11-7(2)15-10-4-3-8(14)5-9(10)11/h3-6,15H,1-2H3/t6-/m1/s1. The first-order valence-electron chi connectivity index (χ1n) is 4.97. The Bertz CT molecular complexity index is 559. The monoisotopic (exact) mass is 283 g/mol. The minimum absolute atomic E-state index is 0.0330. The van der Waals surface area contributed by atoms with E-state index in [0.29, 0.717) is 10.9 Å². The van der Waals surface area contributed by atoms with Crippen molar-refractivity contribution in [2.45, 2.75) is 18.7 Å². The van der Waals surface area contributed by atoms with Crippen molar-refractivity contribution in [3.8, 4) is 0 Å². The van der Waals surface area contributed by atoms with E-state index in [0.717, 1.165) is 11.2 Å². The van der Waals surface area contributed by atoms with Gasteiger partial charge in [-0.1, -0.05) is 15.9 Å². The number of nitrogens with one attached hydrogen (secondary N) is 1. The molecule has 0 aliphatic rings. The average molecular weight is 284 g/mol. The molecule has 0 saturated heterocycles. The van der Waals surface area contributed by atoms with E-state index in [2.05, 4.69) is 20.9 Å². The van der Waals surface area contributed by atoms with Crippen molar-refractivity contribution in [1.29, 1.82) is 0 Å². The summed E-state index contributed by atoms with van der Waals surface area (Å²) >= 11 is 3.24. The number of fused-ring (bicyclic) bond motifs is 1. The number of hydrogen-bond donors (Lipinski definition) is 1. The van der Waals surface area contributed by atoms with Crippen molar-refractivity contribution in [3.05, 3.63) is 35.3 Å². The SMILES string of the molecule is Cc1[nH]c2ccc(F)cc2c1C(=O)[C@@H](C)Br. The summed E-state index contributed by atoms with van der Waals surface area (Å²) in [6.45, 7) is 3.58. The van der Waals surface area contributed by atoms with Gasteiger partial charge in [-0.3, -0.25) is 4.79 Å². The van der Waals surface area contributed by atoms with Crippen molar-refractivity contribution in [2.75, 3.05) is 0 Å². The number of aryl methyl sites for hydroxylation is 1. The first kappa shape index (κ1) is 11.3. The number of hydrogen-bond acceptors (Lipinski definition) is 1. The van der Waals surface area contributed by atoms with Gasteiger partial charge in [-0.05, 0) is 32.0 Å².